The lowest BCUT2D eigenvalue weighted by Gasteiger charge is -2.46. The minimum Gasteiger partial charge on any atom is -0.481 e. The third-order valence-corrected chi connectivity index (χ3v) is 33.1. The van der Waals surface area contributed by atoms with E-state index >= 15 is 0 Å². The zero-order valence-corrected chi connectivity index (χ0v) is 93.7. The molecule has 3 amide bonds. The summed E-state index contributed by atoms with van der Waals surface area (Å²) < 4.78 is 12.4. The first-order valence-corrected chi connectivity index (χ1v) is 56.0. The lowest BCUT2D eigenvalue weighted by atomic mass is 9.90. The van der Waals surface area contributed by atoms with Crippen LogP contribution in [-0.4, -0.2) is 185 Å². The number of aliphatic hydroxyl groups excluding tert-OH is 1. The molecule has 12 fully saturated rings. The Morgan fingerprint density at radius 3 is 0.823 bits per heavy atom. The molecule has 22 rings (SSSR count). The summed E-state index contributed by atoms with van der Waals surface area (Å²) in [5, 5.41) is 70.4. The van der Waals surface area contributed by atoms with Crippen molar-refractivity contribution in [1.82, 2.24) is 19.6 Å². The first-order chi connectivity index (χ1) is 70.5. The fraction of sp³-hybridized carbons (Fsp3) is 0.383. The number of nitrogens with two attached hydrogens (primary N) is 1. The Hall–Kier alpha value is -9.61. The highest BCUT2D eigenvalue weighted by atomic mass is 79.9. The van der Waals surface area contributed by atoms with Crippen LogP contribution in [0.2, 0.25) is 0 Å². The van der Waals surface area contributed by atoms with E-state index in [0.717, 1.165) is 161 Å². The maximum absolute atomic E-state index is 12.9. The number of rotatable bonds is 22. The fourth-order valence-electron chi connectivity index (χ4n) is 18.8. The van der Waals surface area contributed by atoms with E-state index in [4.69, 9.17) is 69.7 Å². The number of nitrogens with zero attached hydrogens (tertiary/aromatic N) is 6. The Labute approximate surface area is 926 Å². The van der Waals surface area contributed by atoms with Crippen LogP contribution in [0.3, 0.4) is 0 Å². The predicted molar refractivity (Wildman–Crippen MR) is 591 cm³/mol. The number of hydrogen-bond donors (Lipinski definition) is 7. The third kappa shape index (κ3) is 33.9. The zero-order chi connectivity index (χ0) is 106. The number of carboxylic acid groups (broad SMARTS) is 5. The van der Waals surface area contributed by atoms with Crippen molar-refractivity contribution in [2.45, 2.75) is 175 Å². The van der Waals surface area contributed by atoms with Crippen molar-refractivity contribution in [3.05, 3.63) is 346 Å². The number of ether oxygens (including phenoxy) is 1. The van der Waals surface area contributed by atoms with Gasteiger partial charge in [0.1, 0.15) is 6.10 Å². The molecule has 23 nitrogen and oxygen atoms in total. The number of halogens is 9. The molecule has 0 spiro atoms. The van der Waals surface area contributed by atoms with Gasteiger partial charge in [0.2, 0.25) is 17.7 Å². The van der Waals surface area contributed by atoms with Gasteiger partial charge in [-0.1, -0.05) is 246 Å². The molecule has 0 radical (unpaired) electrons. The van der Waals surface area contributed by atoms with Gasteiger partial charge >= 0.3 is 29.8 Å². The summed E-state index contributed by atoms with van der Waals surface area (Å²) in [5.74, 6) is -1.80. The van der Waals surface area contributed by atoms with Gasteiger partial charge in [0.15, 0.2) is 5.78 Å². The molecule has 8 N–H and O–H groups in total. The number of alkyl halides is 2. The van der Waals surface area contributed by atoms with Crippen LogP contribution in [0.5, 0.6) is 0 Å². The molecular weight excluding hydrogens is 2370 g/mol. The van der Waals surface area contributed by atoms with Gasteiger partial charge in [-0.3, -0.25) is 53.0 Å². The van der Waals surface area contributed by atoms with Crippen LogP contribution in [-0.2, 0) is 38.3 Å². The number of Topliss-reactive ketones (excluding diaryl/α,β-unsaturated/α-hetero) is 1. The molecule has 0 aromatic heterocycles. The van der Waals surface area contributed by atoms with Gasteiger partial charge in [0, 0.05) is 118 Å². The Morgan fingerprint density at radius 1 is 0.361 bits per heavy atom. The van der Waals surface area contributed by atoms with E-state index in [1.54, 1.807) is 48.5 Å². The minimum absolute atomic E-state index is 0.0424. The Bertz CT molecular complexity index is 6080. The number of amides is 3. The highest BCUT2D eigenvalue weighted by Crippen LogP contribution is 2.54. The second-order valence-corrected chi connectivity index (χ2v) is 46.1. The first kappa shape index (κ1) is 115. The second-order valence-electron chi connectivity index (χ2n) is 39.1. The van der Waals surface area contributed by atoms with Gasteiger partial charge < -0.3 is 50.9 Å². The van der Waals surface area contributed by atoms with E-state index in [9.17, 15) is 48.3 Å². The number of hydrogen-bond acceptors (Lipinski definition) is 15. The molecule has 9 aliphatic carbocycles. The zero-order valence-electron chi connectivity index (χ0n) is 81.1. The quantitative estimate of drug-likeness (QED) is 0.0188. The first-order valence-electron chi connectivity index (χ1n) is 49.4. The lowest BCUT2D eigenvalue weighted by Crippen LogP contribution is -2.58. The van der Waals surface area contributed by atoms with E-state index in [-0.39, 0.29) is 88.6 Å². The van der Waals surface area contributed by atoms with Gasteiger partial charge in [-0.05, 0) is 297 Å². The number of carbonyl (C=O) groups is 9. The van der Waals surface area contributed by atoms with Crippen molar-refractivity contribution >= 4 is 188 Å². The highest BCUT2D eigenvalue weighted by Gasteiger charge is 2.51. The highest BCUT2D eigenvalue weighted by molar-refractivity contribution is 9.11. The van der Waals surface area contributed by atoms with Gasteiger partial charge in [0.05, 0.1) is 77.3 Å². The summed E-state index contributed by atoms with van der Waals surface area (Å²) >= 11 is 34.3. The lowest BCUT2D eigenvalue weighted by molar-refractivity contribution is -0.139. The molecule has 772 valence electrons. The van der Waals surface area contributed by atoms with Crippen LogP contribution in [0.1, 0.15) is 233 Å². The monoisotopic (exact) mass is 2480 g/mol. The van der Waals surface area contributed by atoms with Crippen molar-refractivity contribution < 1.29 is 78.5 Å². The number of piperazine rings is 2. The Balaban J connectivity index is 0.000000138. The van der Waals surface area contributed by atoms with Gasteiger partial charge in [-0.25, -0.2) is 0 Å². The molecule has 10 aromatic rings. The number of carbonyl (C=O) groups excluding carboxylic acids is 4. The number of carboxylic acids is 5. The average molecular weight is 2480 g/mol. The number of primary amides is 1. The van der Waals surface area contributed by atoms with Crippen LogP contribution < -0.4 is 5.73 Å². The number of benzene rings is 10. The van der Waals surface area contributed by atoms with Crippen molar-refractivity contribution in [1.29, 1.82) is 10.5 Å². The summed E-state index contributed by atoms with van der Waals surface area (Å²) in [6.45, 7) is 11.3. The van der Waals surface area contributed by atoms with Crippen LogP contribution in [0, 0.1) is 64.1 Å². The molecule has 12 aliphatic rings. The Morgan fingerprint density at radius 2 is 0.599 bits per heavy atom. The number of nitriles is 2. The summed E-state index contributed by atoms with van der Waals surface area (Å²) in [6.07, 6.45) is 13.7. The van der Waals surface area contributed by atoms with Crippen LogP contribution in [0.15, 0.2) is 274 Å². The molecule has 9 saturated carbocycles. The SMILES string of the molecule is Brc1ccc([C@@H]2CO2)cc1.C[C@@H]1CN(C2CCC2)CCN1C(=O)[C@H]1C[C@@H]1c1ccc(Br)cc1.C[C@@H]1CN(C2CCC2)CCN1C(=O)[C@H]1C[C@@H]1c1ccc(C#N)cc1.N#Cc1ccc([C@H]2C[C@@H]2C(=O)O)cc1.NC(=O)c1ccc([C@H]2C[C@@H]2C(=O)O)cc1.O=C(CCl)c1ccc(Br)cc1.O=C(O)[C@@H]1C[C@H]1c1ccc(Br)cc1.O=C(O)[C@H]1C[C@@H]1c1ccc(Br)cc1.O=C(O)[C@H]1C[C@@H]1c1ccc(Br)cc1.O[C@@H](CCl)c1ccc(Br)cc1. The van der Waals surface area contributed by atoms with E-state index in [1.165, 1.54) is 55.2 Å². The molecule has 147 heavy (non-hydrogen) atoms. The topological polar surface area (TPSA) is 374 Å². The van der Waals surface area contributed by atoms with Crippen LogP contribution in [0.25, 0.3) is 0 Å². The summed E-state index contributed by atoms with van der Waals surface area (Å²) in [6, 6.07) is 83.0. The van der Waals surface area contributed by atoms with Crippen LogP contribution in [0.4, 0.5) is 0 Å². The van der Waals surface area contributed by atoms with E-state index in [0.29, 0.717) is 70.5 Å². The summed E-state index contributed by atoms with van der Waals surface area (Å²) in [7, 11) is 0. The van der Waals surface area contributed by atoms with Crippen molar-refractivity contribution in [2.75, 3.05) is 57.6 Å². The maximum atomic E-state index is 12.9. The maximum Gasteiger partial charge on any atom is 0.307 e. The number of aliphatic hydroxyl groups is 1. The van der Waals surface area contributed by atoms with Crippen molar-refractivity contribution in [2.24, 2.45) is 47.2 Å². The smallest absolute Gasteiger partial charge is 0.307 e. The normalized spacial score (nSPS) is 24.7. The molecule has 32 heteroatoms. The Kier molecular flexibility index (Phi) is 42.4. The second kappa shape index (κ2) is 54.4. The van der Waals surface area contributed by atoms with Gasteiger partial charge in [0.25, 0.3) is 0 Å². The van der Waals surface area contributed by atoms with E-state index < -0.39 is 41.9 Å². The van der Waals surface area contributed by atoms with Gasteiger partial charge in [-0.2, -0.15) is 10.5 Å². The fourth-order valence-corrected chi connectivity index (χ4v) is 21.0. The van der Waals surface area contributed by atoms with Crippen molar-refractivity contribution in [3.63, 3.8) is 0 Å². The molecule has 3 saturated heterocycles. The van der Waals surface area contributed by atoms with Gasteiger partial charge in [-0.15, -0.1) is 23.2 Å². The van der Waals surface area contributed by atoms with E-state index in [1.807, 2.05) is 164 Å². The standard InChI is InChI=1S/C20H25N3O.C19H25BrN2O.C11H11NO3.C11H9NO2.3C10H9BrO2.C8H8BrClO.C8H6BrClO.C8H7BrO/c1-14-13-22(17-3-2-4-17)9-10-23(14)20(24)19-11-18(19)16-7-5-15(12-21)6-8-16;1-13-12-21(16-3-2-4-16)9-10-22(13)19(23)18-11-17(18)14-5-7-15(20)8-6-14;12-10(13)7-3-1-6(2-4-7)8-5-9(8)11(14)15;12-6-7-1-3-8(4-2-7)9-5-10(9)11(13)14;3*11-7-3-1-6(2-4-7)8-5-9(8)10(12)13;2*9-7-3-1-6(2-4-7)8(11)5-10;9-7-3-1-6(2-4-7)8-5-10-8/h5-8,14,17-19H,2-4,9-11,13H2,1H3;5-8,13,16-18H,2-4,9-12H2,1H3;1-4,8-9H,5H2,(H2,12,13)(H,14,15);1-4,9-10H,5H2,(H,13,14);3*1-4,8-9H,5H2,(H,12,13);1-4,8,11H,5H2;1-4H,5H2;1-4,8H,5H2/t14-,18-,19+;13-,17-,18+;8-,9+;9-,10+;3*8-,9+;8-;;8-/m11111100.0/s1. The molecule has 10 aromatic carbocycles. The molecule has 18 atom stereocenters. The molecular formula is C115H118Br7Cl2N7O16. The number of aliphatic carboxylic acids is 5. The van der Waals surface area contributed by atoms with Crippen LogP contribution >= 0.6 is 135 Å². The third-order valence-electron chi connectivity index (χ3n) is 28.8. The average Bonchev–Trinajstić information content (AvgIpc) is 1.60. The summed E-state index contributed by atoms with van der Waals surface area (Å²) in [4.78, 5) is 110. The molecule has 0 bridgehead atoms. The van der Waals surface area contributed by atoms with Crippen molar-refractivity contribution in [3.8, 4) is 12.1 Å². The number of epoxide rings is 1. The largest absolute Gasteiger partial charge is 0.481 e. The summed E-state index contributed by atoms with van der Waals surface area (Å²) in [5.41, 5.74) is 17.5. The molecule has 3 aliphatic heterocycles. The predicted octanol–water partition coefficient (Wildman–Crippen LogP) is 25.1. The molecule has 0 unspecified atom stereocenters. The van der Waals surface area contributed by atoms with E-state index in [2.05, 4.69) is 187 Å². The number of ketones is 1. The minimum atomic E-state index is -0.751. The molecule has 3 heterocycles.